The van der Waals surface area contributed by atoms with Crippen molar-refractivity contribution in [2.45, 2.75) is 12.1 Å². The van der Waals surface area contributed by atoms with Crippen LogP contribution in [0.15, 0.2) is 24.3 Å². The van der Waals surface area contributed by atoms with Gasteiger partial charge in [-0.3, -0.25) is 0 Å². The summed E-state index contributed by atoms with van der Waals surface area (Å²) in [5.74, 6) is -2.09. The summed E-state index contributed by atoms with van der Waals surface area (Å²) in [6.07, 6.45) is -2.03. The quantitative estimate of drug-likeness (QED) is 0.737. The second-order valence-electron chi connectivity index (χ2n) is 3.37. The summed E-state index contributed by atoms with van der Waals surface area (Å²) in [5, 5.41) is 19.3. The zero-order chi connectivity index (χ0) is 12.7. The molecule has 2 atom stereocenters. The van der Waals surface area contributed by atoms with E-state index in [1.54, 1.807) is 6.07 Å². The molecule has 94 valence electrons. The van der Waals surface area contributed by atoms with Crippen LogP contribution < -0.4 is 4.74 Å². The molecule has 7 nitrogen and oxygen atoms in total. The third-order valence-corrected chi connectivity index (χ3v) is 3.13. The lowest BCUT2D eigenvalue weighted by Gasteiger charge is -2.21. The maximum absolute atomic E-state index is 11.0. The molecule has 17 heavy (non-hydrogen) atoms. The van der Waals surface area contributed by atoms with Gasteiger partial charge in [0.05, 0.1) is 7.11 Å². The minimum Gasteiger partial charge on any atom is -0.497 e. The van der Waals surface area contributed by atoms with Gasteiger partial charge in [0.25, 0.3) is 5.79 Å². The van der Waals surface area contributed by atoms with Crippen LogP contribution in [0.2, 0.25) is 0 Å². The maximum atomic E-state index is 11.0. The lowest BCUT2D eigenvalue weighted by molar-refractivity contribution is -0.231. The molecule has 0 aliphatic carbocycles. The van der Waals surface area contributed by atoms with E-state index in [9.17, 15) is 18.6 Å². The standard InChI is InChI=1S/C9H10O7S/c1-14-7-4-2-3-6(5-7)9(11)8(10)15-17(12,13)16-9/h2-5,8,10-11H,1H3. The van der Waals surface area contributed by atoms with Gasteiger partial charge in [-0.1, -0.05) is 12.1 Å². The summed E-state index contributed by atoms with van der Waals surface area (Å²) in [4.78, 5) is 0. The van der Waals surface area contributed by atoms with Crippen LogP contribution in [0.5, 0.6) is 5.75 Å². The molecular formula is C9H10O7S. The summed E-state index contributed by atoms with van der Waals surface area (Å²) < 4.78 is 35.3. The zero-order valence-electron chi connectivity index (χ0n) is 8.73. The number of ether oxygens (including phenoxy) is 1. The summed E-state index contributed by atoms with van der Waals surface area (Å²) in [7, 11) is -3.01. The highest BCUT2D eigenvalue weighted by Crippen LogP contribution is 2.37. The van der Waals surface area contributed by atoms with Gasteiger partial charge in [-0.2, -0.15) is 8.42 Å². The molecule has 0 radical (unpaired) electrons. The molecule has 8 heteroatoms. The molecule has 1 fully saturated rings. The Morgan fingerprint density at radius 3 is 2.71 bits per heavy atom. The summed E-state index contributed by atoms with van der Waals surface area (Å²) >= 11 is 0. The molecule has 2 rings (SSSR count). The van der Waals surface area contributed by atoms with Gasteiger partial charge in [0.2, 0.25) is 6.29 Å². The highest BCUT2D eigenvalue weighted by molar-refractivity contribution is 7.82. The minimum atomic E-state index is -4.41. The monoisotopic (exact) mass is 262 g/mol. The third kappa shape index (κ3) is 2.13. The molecule has 0 spiro atoms. The molecule has 2 unspecified atom stereocenters. The molecule has 1 saturated heterocycles. The van der Waals surface area contributed by atoms with E-state index < -0.39 is 22.5 Å². The van der Waals surface area contributed by atoms with Gasteiger partial charge in [-0.05, 0) is 12.1 Å². The number of aliphatic hydroxyl groups is 2. The van der Waals surface area contributed by atoms with Crippen LogP contribution in [0.3, 0.4) is 0 Å². The molecule has 2 N–H and O–H groups in total. The fourth-order valence-corrected chi connectivity index (χ4v) is 2.31. The van der Waals surface area contributed by atoms with Gasteiger partial charge >= 0.3 is 10.4 Å². The van der Waals surface area contributed by atoms with Gasteiger partial charge in [0.1, 0.15) is 5.75 Å². The lowest BCUT2D eigenvalue weighted by Crippen LogP contribution is -2.36. The largest absolute Gasteiger partial charge is 0.497 e. The van der Waals surface area contributed by atoms with Crippen molar-refractivity contribution >= 4 is 10.4 Å². The van der Waals surface area contributed by atoms with Crippen molar-refractivity contribution in [1.29, 1.82) is 0 Å². The first-order valence-electron chi connectivity index (χ1n) is 4.56. The van der Waals surface area contributed by atoms with Crippen molar-refractivity contribution in [2.75, 3.05) is 7.11 Å². The van der Waals surface area contributed by atoms with Crippen LogP contribution in [0.1, 0.15) is 5.56 Å². The topological polar surface area (TPSA) is 102 Å². The Balaban J connectivity index is 2.45. The number of methoxy groups -OCH3 is 1. The van der Waals surface area contributed by atoms with Crippen LogP contribution in [0.25, 0.3) is 0 Å². The van der Waals surface area contributed by atoms with E-state index in [0.29, 0.717) is 5.75 Å². The molecule has 1 aliphatic rings. The number of aliphatic hydroxyl groups excluding tert-OH is 1. The Bertz CT molecular complexity index is 526. The molecule has 0 aromatic heterocycles. The molecule has 1 aromatic carbocycles. The summed E-state index contributed by atoms with van der Waals surface area (Å²) in [6.45, 7) is 0. The normalized spacial score (nSPS) is 31.4. The predicted molar refractivity (Wildman–Crippen MR) is 54.0 cm³/mol. The highest BCUT2D eigenvalue weighted by Gasteiger charge is 2.53. The van der Waals surface area contributed by atoms with Crippen LogP contribution in [-0.4, -0.2) is 32.0 Å². The smallest absolute Gasteiger partial charge is 0.405 e. The number of hydrogen-bond acceptors (Lipinski definition) is 7. The minimum absolute atomic E-state index is 0.00502. The Morgan fingerprint density at radius 1 is 1.47 bits per heavy atom. The average Bonchev–Trinajstić information content (AvgIpc) is 2.49. The van der Waals surface area contributed by atoms with E-state index >= 15 is 0 Å². The van der Waals surface area contributed by atoms with Gasteiger partial charge in [-0.15, -0.1) is 0 Å². The van der Waals surface area contributed by atoms with Gasteiger partial charge in [0.15, 0.2) is 0 Å². The fourth-order valence-electron chi connectivity index (χ4n) is 1.43. The summed E-state index contributed by atoms with van der Waals surface area (Å²) in [5.41, 5.74) is 0.00502. The van der Waals surface area contributed by atoms with E-state index in [1.165, 1.54) is 25.3 Å². The Labute approximate surface area is 97.5 Å². The number of rotatable bonds is 2. The van der Waals surface area contributed by atoms with Crippen molar-refractivity contribution in [3.63, 3.8) is 0 Å². The number of hydrogen-bond donors (Lipinski definition) is 2. The van der Waals surface area contributed by atoms with E-state index in [0.717, 1.165) is 0 Å². The Morgan fingerprint density at radius 2 is 2.18 bits per heavy atom. The van der Waals surface area contributed by atoms with Crippen LogP contribution in [-0.2, 0) is 24.6 Å². The second kappa shape index (κ2) is 3.93. The average molecular weight is 262 g/mol. The first-order valence-corrected chi connectivity index (χ1v) is 5.89. The molecule has 0 saturated carbocycles. The van der Waals surface area contributed by atoms with E-state index in [4.69, 9.17) is 4.74 Å². The molecular weight excluding hydrogens is 252 g/mol. The predicted octanol–water partition coefficient (Wildman–Crippen LogP) is -0.550. The molecule has 1 aromatic rings. The molecule has 1 aliphatic heterocycles. The van der Waals surface area contributed by atoms with E-state index in [2.05, 4.69) is 8.37 Å². The van der Waals surface area contributed by atoms with Crippen LogP contribution >= 0.6 is 0 Å². The van der Waals surface area contributed by atoms with Crippen LogP contribution in [0.4, 0.5) is 0 Å². The fraction of sp³-hybridized carbons (Fsp3) is 0.333. The van der Waals surface area contributed by atoms with E-state index in [1.807, 2.05) is 0 Å². The van der Waals surface area contributed by atoms with Gasteiger partial charge in [0, 0.05) is 5.56 Å². The lowest BCUT2D eigenvalue weighted by atomic mass is 10.1. The first-order chi connectivity index (χ1) is 7.87. The second-order valence-corrected chi connectivity index (χ2v) is 4.54. The zero-order valence-corrected chi connectivity index (χ0v) is 9.55. The van der Waals surface area contributed by atoms with Crippen molar-refractivity contribution in [1.82, 2.24) is 0 Å². The molecule has 1 heterocycles. The SMILES string of the molecule is COc1cccc(C2(O)OS(=O)(=O)OC2O)c1. The van der Waals surface area contributed by atoms with Crippen molar-refractivity contribution < 1.29 is 31.7 Å². The molecule has 0 amide bonds. The first kappa shape index (κ1) is 12.3. The Hall–Kier alpha value is -1.19. The third-order valence-electron chi connectivity index (χ3n) is 2.26. The summed E-state index contributed by atoms with van der Waals surface area (Å²) in [6, 6.07) is 5.79. The van der Waals surface area contributed by atoms with Crippen molar-refractivity contribution in [3.8, 4) is 5.75 Å². The van der Waals surface area contributed by atoms with Crippen molar-refractivity contribution in [2.24, 2.45) is 0 Å². The maximum Gasteiger partial charge on any atom is 0.405 e. The van der Waals surface area contributed by atoms with Gasteiger partial charge < -0.3 is 14.9 Å². The highest BCUT2D eigenvalue weighted by atomic mass is 32.3. The van der Waals surface area contributed by atoms with Crippen LogP contribution in [0, 0.1) is 0 Å². The van der Waals surface area contributed by atoms with Crippen molar-refractivity contribution in [3.05, 3.63) is 29.8 Å². The number of benzene rings is 1. The van der Waals surface area contributed by atoms with E-state index in [-0.39, 0.29) is 5.56 Å². The van der Waals surface area contributed by atoms with Gasteiger partial charge in [-0.25, -0.2) is 8.37 Å². The Kier molecular flexibility index (Phi) is 2.84. The molecule has 0 bridgehead atoms.